The van der Waals surface area contributed by atoms with Gasteiger partial charge in [0.15, 0.2) is 0 Å². The zero-order valence-electron chi connectivity index (χ0n) is 10.4. The molecule has 2 N–H and O–H groups in total. The molecule has 0 spiro atoms. The van der Waals surface area contributed by atoms with Gasteiger partial charge in [0, 0.05) is 18.3 Å². The lowest BCUT2D eigenvalue weighted by atomic mass is 9.84. The Labute approximate surface area is 98.0 Å². The predicted octanol–water partition coefficient (Wildman–Crippen LogP) is 2.27. The van der Waals surface area contributed by atoms with Crippen molar-refractivity contribution in [2.45, 2.75) is 58.5 Å². The van der Waals surface area contributed by atoms with Crippen molar-refractivity contribution in [1.29, 1.82) is 0 Å². The molecule has 0 saturated heterocycles. The summed E-state index contributed by atoms with van der Waals surface area (Å²) in [7, 11) is 0. The smallest absolute Gasteiger partial charge is 0.0596 e. The minimum atomic E-state index is 0.453. The van der Waals surface area contributed by atoms with E-state index in [0.717, 1.165) is 18.2 Å². The fraction of sp³-hybridized carbons (Fsp3) is 0.769. The Morgan fingerprint density at radius 3 is 2.69 bits per heavy atom. The summed E-state index contributed by atoms with van der Waals surface area (Å²) in [6.45, 7) is 5.22. The van der Waals surface area contributed by atoms with Crippen LogP contribution in [0.15, 0.2) is 6.07 Å². The lowest BCUT2D eigenvalue weighted by molar-refractivity contribution is 0.319. The first kappa shape index (κ1) is 11.6. The summed E-state index contributed by atoms with van der Waals surface area (Å²) in [6.07, 6.45) is 6.15. The highest BCUT2D eigenvalue weighted by Crippen LogP contribution is 2.26. The molecular formula is C13H23N3. The number of hydrogen-bond acceptors (Lipinski definition) is 2. The maximum absolute atomic E-state index is 5.93. The van der Waals surface area contributed by atoms with Gasteiger partial charge in [0.1, 0.15) is 0 Å². The average molecular weight is 221 g/mol. The van der Waals surface area contributed by atoms with Crippen LogP contribution in [-0.2, 0) is 13.0 Å². The van der Waals surface area contributed by atoms with E-state index < -0.39 is 0 Å². The van der Waals surface area contributed by atoms with E-state index in [1.54, 1.807) is 0 Å². The SMILES string of the molecule is CCn1nc(C)cc1CC1CCC(N)CC1. The second kappa shape index (κ2) is 5.00. The van der Waals surface area contributed by atoms with E-state index in [9.17, 15) is 0 Å². The molecule has 0 atom stereocenters. The van der Waals surface area contributed by atoms with Gasteiger partial charge in [-0.05, 0) is 57.9 Å². The zero-order valence-corrected chi connectivity index (χ0v) is 10.4. The number of hydrogen-bond donors (Lipinski definition) is 1. The molecule has 0 unspecified atom stereocenters. The van der Waals surface area contributed by atoms with Gasteiger partial charge in [0.25, 0.3) is 0 Å². The van der Waals surface area contributed by atoms with Crippen LogP contribution in [0.5, 0.6) is 0 Å². The van der Waals surface area contributed by atoms with Crippen molar-refractivity contribution < 1.29 is 0 Å². The average Bonchev–Trinajstić information content (AvgIpc) is 2.62. The molecule has 0 bridgehead atoms. The Kier molecular flexibility index (Phi) is 3.64. The van der Waals surface area contributed by atoms with Gasteiger partial charge in [0.2, 0.25) is 0 Å². The van der Waals surface area contributed by atoms with Crippen LogP contribution < -0.4 is 5.73 Å². The number of rotatable bonds is 3. The molecule has 1 saturated carbocycles. The standard InChI is InChI=1S/C13H23N3/c1-3-16-13(8-10(2)15-16)9-11-4-6-12(14)7-5-11/h8,11-12H,3-7,9,14H2,1-2H3. The topological polar surface area (TPSA) is 43.8 Å². The molecule has 16 heavy (non-hydrogen) atoms. The first-order valence-corrected chi connectivity index (χ1v) is 6.48. The molecule has 1 aliphatic rings. The first-order chi connectivity index (χ1) is 7.69. The van der Waals surface area contributed by atoms with Crippen molar-refractivity contribution >= 4 is 0 Å². The minimum absolute atomic E-state index is 0.453. The van der Waals surface area contributed by atoms with Crippen LogP contribution >= 0.6 is 0 Å². The van der Waals surface area contributed by atoms with Gasteiger partial charge in [-0.3, -0.25) is 4.68 Å². The van der Waals surface area contributed by atoms with Crippen LogP contribution in [0.1, 0.15) is 44.0 Å². The van der Waals surface area contributed by atoms with Crippen LogP contribution in [0.25, 0.3) is 0 Å². The Morgan fingerprint density at radius 1 is 1.38 bits per heavy atom. The number of aryl methyl sites for hydroxylation is 2. The third kappa shape index (κ3) is 2.64. The van der Waals surface area contributed by atoms with Crippen molar-refractivity contribution in [2.75, 3.05) is 0 Å². The number of aromatic nitrogens is 2. The van der Waals surface area contributed by atoms with Crippen molar-refractivity contribution in [1.82, 2.24) is 9.78 Å². The largest absolute Gasteiger partial charge is 0.328 e. The Bertz CT molecular complexity index is 335. The highest BCUT2D eigenvalue weighted by atomic mass is 15.3. The molecule has 1 fully saturated rings. The second-order valence-electron chi connectivity index (χ2n) is 5.08. The molecule has 3 nitrogen and oxygen atoms in total. The van der Waals surface area contributed by atoms with Gasteiger partial charge in [-0.2, -0.15) is 5.10 Å². The quantitative estimate of drug-likeness (QED) is 0.851. The summed E-state index contributed by atoms with van der Waals surface area (Å²) in [5, 5.41) is 4.50. The molecule has 90 valence electrons. The molecule has 1 aromatic heterocycles. The minimum Gasteiger partial charge on any atom is -0.328 e. The summed E-state index contributed by atoms with van der Waals surface area (Å²) in [6, 6.07) is 2.69. The molecule has 1 heterocycles. The van der Waals surface area contributed by atoms with Crippen LogP contribution in [0, 0.1) is 12.8 Å². The summed E-state index contributed by atoms with van der Waals surface area (Å²) in [4.78, 5) is 0. The molecule has 0 aliphatic heterocycles. The second-order valence-corrected chi connectivity index (χ2v) is 5.08. The zero-order chi connectivity index (χ0) is 11.5. The first-order valence-electron chi connectivity index (χ1n) is 6.48. The van der Waals surface area contributed by atoms with Crippen LogP contribution in [0.2, 0.25) is 0 Å². The maximum atomic E-state index is 5.93. The van der Waals surface area contributed by atoms with Crippen molar-refractivity contribution in [3.8, 4) is 0 Å². The Morgan fingerprint density at radius 2 is 2.06 bits per heavy atom. The maximum Gasteiger partial charge on any atom is 0.0596 e. The van der Waals surface area contributed by atoms with Gasteiger partial charge < -0.3 is 5.73 Å². The summed E-state index contributed by atoms with van der Waals surface area (Å²) in [5.41, 5.74) is 8.48. The molecule has 0 amide bonds. The fourth-order valence-electron chi connectivity index (χ4n) is 2.73. The van der Waals surface area contributed by atoms with Crippen LogP contribution in [0.3, 0.4) is 0 Å². The molecule has 0 radical (unpaired) electrons. The van der Waals surface area contributed by atoms with Gasteiger partial charge in [-0.25, -0.2) is 0 Å². The van der Waals surface area contributed by atoms with E-state index in [4.69, 9.17) is 5.73 Å². The Hall–Kier alpha value is -0.830. The lowest BCUT2D eigenvalue weighted by Gasteiger charge is -2.26. The highest BCUT2D eigenvalue weighted by molar-refractivity contribution is 5.10. The molecule has 2 rings (SSSR count). The molecule has 3 heteroatoms. The van der Waals surface area contributed by atoms with Crippen LogP contribution in [0.4, 0.5) is 0 Å². The normalized spacial score (nSPS) is 25.9. The lowest BCUT2D eigenvalue weighted by Crippen LogP contribution is -2.27. The fourth-order valence-corrected chi connectivity index (χ4v) is 2.73. The van der Waals surface area contributed by atoms with Crippen molar-refractivity contribution in [3.63, 3.8) is 0 Å². The summed E-state index contributed by atoms with van der Waals surface area (Å²) >= 11 is 0. The molecule has 1 aliphatic carbocycles. The summed E-state index contributed by atoms with van der Waals surface area (Å²) < 4.78 is 2.14. The van der Waals surface area contributed by atoms with E-state index >= 15 is 0 Å². The van der Waals surface area contributed by atoms with Gasteiger partial charge in [0.05, 0.1) is 5.69 Å². The third-order valence-electron chi connectivity index (χ3n) is 3.67. The van der Waals surface area contributed by atoms with Gasteiger partial charge >= 0.3 is 0 Å². The molecule has 0 aromatic carbocycles. The van der Waals surface area contributed by atoms with E-state index in [-0.39, 0.29) is 0 Å². The Balaban J connectivity index is 1.97. The highest BCUT2D eigenvalue weighted by Gasteiger charge is 2.20. The monoisotopic (exact) mass is 221 g/mol. The van der Waals surface area contributed by atoms with E-state index in [0.29, 0.717) is 6.04 Å². The van der Waals surface area contributed by atoms with E-state index in [1.165, 1.54) is 37.8 Å². The third-order valence-corrected chi connectivity index (χ3v) is 3.67. The van der Waals surface area contributed by atoms with Crippen molar-refractivity contribution in [3.05, 3.63) is 17.5 Å². The molecular weight excluding hydrogens is 198 g/mol. The number of nitrogens with zero attached hydrogens (tertiary/aromatic N) is 2. The van der Waals surface area contributed by atoms with E-state index in [2.05, 4.69) is 29.7 Å². The molecule has 1 aromatic rings. The van der Waals surface area contributed by atoms with Crippen LogP contribution in [-0.4, -0.2) is 15.8 Å². The predicted molar refractivity (Wildman–Crippen MR) is 66.3 cm³/mol. The van der Waals surface area contributed by atoms with Gasteiger partial charge in [-0.15, -0.1) is 0 Å². The summed E-state index contributed by atoms with van der Waals surface area (Å²) in [5.74, 6) is 0.821. The number of nitrogens with two attached hydrogens (primary N) is 1. The van der Waals surface area contributed by atoms with Crippen molar-refractivity contribution in [2.24, 2.45) is 11.7 Å². The van der Waals surface area contributed by atoms with E-state index in [1.807, 2.05) is 0 Å². The van der Waals surface area contributed by atoms with Gasteiger partial charge in [-0.1, -0.05) is 0 Å².